The highest BCUT2D eigenvalue weighted by atomic mass is 16.7. The first kappa shape index (κ1) is 20.9. The summed E-state index contributed by atoms with van der Waals surface area (Å²) in [5.74, 6) is 0.300. The van der Waals surface area contributed by atoms with Crippen LogP contribution >= 0.6 is 0 Å². The van der Waals surface area contributed by atoms with Crippen molar-refractivity contribution in [1.29, 1.82) is 5.26 Å². The Morgan fingerprint density at radius 2 is 2.13 bits per heavy atom. The molecule has 1 aromatic carbocycles. The lowest BCUT2D eigenvalue weighted by atomic mass is 9.90. The monoisotopic (exact) mass is 406 g/mol. The van der Waals surface area contributed by atoms with Gasteiger partial charge in [0.2, 0.25) is 12.5 Å². The largest absolute Gasteiger partial charge is 0.465 e. The average molecular weight is 406 g/mol. The number of carbonyl (C=O) groups excluding carboxylic acids is 1. The lowest BCUT2D eigenvalue weighted by Gasteiger charge is -2.20. The number of nitrogens with zero attached hydrogens (tertiary/aromatic N) is 3. The van der Waals surface area contributed by atoms with Gasteiger partial charge in [-0.3, -0.25) is 4.79 Å². The lowest BCUT2D eigenvalue weighted by molar-refractivity contribution is -0.145. The molecule has 0 radical (unpaired) electrons. The van der Waals surface area contributed by atoms with Crippen LogP contribution in [-0.4, -0.2) is 30.9 Å². The number of rotatable bonds is 7. The Bertz CT molecular complexity index is 1050. The minimum absolute atomic E-state index is 0.116. The highest BCUT2D eigenvalue weighted by Crippen LogP contribution is 2.45. The van der Waals surface area contributed by atoms with Crippen LogP contribution in [0.15, 0.2) is 18.2 Å². The van der Waals surface area contributed by atoms with Gasteiger partial charge in [0.15, 0.2) is 11.5 Å². The van der Waals surface area contributed by atoms with E-state index in [1.54, 1.807) is 25.1 Å². The maximum Gasteiger partial charge on any atom is 0.315 e. The Morgan fingerprint density at radius 1 is 1.37 bits per heavy atom. The second-order valence-corrected chi connectivity index (χ2v) is 6.48. The Hall–Kier alpha value is -3.78. The first-order valence-electron chi connectivity index (χ1n) is 9.75. The average Bonchev–Trinajstić information content (AvgIpc) is 3.22. The molecule has 1 unspecified atom stereocenters. The molecule has 0 bridgehead atoms. The van der Waals surface area contributed by atoms with E-state index in [-0.39, 0.29) is 24.7 Å². The number of aromatic nitrogens is 1. The minimum Gasteiger partial charge on any atom is -0.465 e. The highest BCUT2D eigenvalue weighted by molar-refractivity contribution is 5.92. The maximum absolute atomic E-state index is 12.6. The number of nitriles is 1. The molecule has 2 heterocycles. The summed E-state index contributed by atoms with van der Waals surface area (Å²) in [6.45, 7) is 14.1. The van der Waals surface area contributed by atoms with Crippen molar-refractivity contribution >= 4 is 17.5 Å². The zero-order valence-electron chi connectivity index (χ0n) is 17.1. The molecule has 1 atom stereocenters. The van der Waals surface area contributed by atoms with Gasteiger partial charge in [-0.15, -0.1) is 0 Å². The van der Waals surface area contributed by atoms with E-state index in [9.17, 15) is 10.1 Å². The van der Waals surface area contributed by atoms with Crippen molar-refractivity contribution < 1.29 is 19.0 Å². The number of hydrogen-bond donors (Lipinski definition) is 1. The molecule has 3 rings (SSSR count). The topological polar surface area (TPSA) is 97.8 Å². The zero-order chi connectivity index (χ0) is 21.7. The molecule has 154 valence electrons. The number of pyridine rings is 1. The Labute approximate surface area is 175 Å². The van der Waals surface area contributed by atoms with Gasteiger partial charge < -0.3 is 19.5 Å². The third-order valence-corrected chi connectivity index (χ3v) is 4.74. The van der Waals surface area contributed by atoms with Gasteiger partial charge in [0, 0.05) is 12.1 Å². The lowest BCUT2D eigenvalue weighted by Crippen LogP contribution is -2.19. The summed E-state index contributed by atoms with van der Waals surface area (Å²) in [6.07, 6.45) is 0.407. The van der Waals surface area contributed by atoms with E-state index in [4.69, 9.17) is 20.8 Å². The number of ether oxygens (including phenoxy) is 3. The Morgan fingerprint density at radius 3 is 2.77 bits per heavy atom. The fourth-order valence-corrected chi connectivity index (χ4v) is 3.41. The summed E-state index contributed by atoms with van der Waals surface area (Å²) in [4.78, 5) is 20.8. The van der Waals surface area contributed by atoms with Crippen LogP contribution in [0, 0.1) is 17.9 Å². The van der Waals surface area contributed by atoms with Gasteiger partial charge in [-0.2, -0.15) is 5.26 Å². The van der Waals surface area contributed by atoms with Gasteiger partial charge in [-0.1, -0.05) is 13.0 Å². The molecule has 0 saturated heterocycles. The van der Waals surface area contributed by atoms with Crippen molar-refractivity contribution in [3.05, 3.63) is 40.9 Å². The molecule has 0 aliphatic carbocycles. The first-order valence-corrected chi connectivity index (χ1v) is 9.75. The minimum atomic E-state index is -0.718. The number of hydrogen-bond acceptors (Lipinski definition) is 7. The second kappa shape index (κ2) is 9.15. The normalized spacial score (nSPS) is 12.6. The molecule has 0 fully saturated rings. The fraction of sp³-hybridized carbons (Fsp3) is 0.364. The van der Waals surface area contributed by atoms with E-state index >= 15 is 0 Å². The van der Waals surface area contributed by atoms with Gasteiger partial charge in [0.05, 0.1) is 24.4 Å². The number of carbonyl (C=O) groups is 1. The van der Waals surface area contributed by atoms with E-state index in [2.05, 4.69) is 21.2 Å². The molecular weight excluding hydrogens is 384 g/mol. The predicted octanol–water partition coefficient (Wildman–Crippen LogP) is 4.39. The van der Waals surface area contributed by atoms with Crippen molar-refractivity contribution in [2.45, 2.75) is 33.1 Å². The summed E-state index contributed by atoms with van der Waals surface area (Å²) in [5.41, 5.74) is 1.73. The van der Waals surface area contributed by atoms with E-state index < -0.39 is 11.9 Å². The van der Waals surface area contributed by atoms with Crippen molar-refractivity contribution in [3.8, 4) is 28.7 Å². The van der Waals surface area contributed by atoms with Crippen molar-refractivity contribution in [1.82, 2.24) is 4.98 Å². The van der Waals surface area contributed by atoms with Gasteiger partial charge in [-0.25, -0.2) is 9.83 Å². The van der Waals surface area contributed by atoms with Crippen LogP contribution in [0.3, 0.4) is 0 Å². The maximum atomic E-state index is 12.6. The third-order valence-electron chi connectivity index (χ3n) is 4.74. The molecule has 2 aromatic rings. The van der Waals surface area contributed by atoms with E-state index in [1.807, 2.05) is 13.8 Å². The second-order valence-electron chi connectivity index (χ2n) is 6.48. The summed E-state index contributed by atoms with van der Waals surface area (Å²) in [5, 5.41) is 13.1. The summed E-state index contributed by atoms with van der Waals surface area (Å²) < 4.78 is 16.0. The van der Waals surface area contributed by atoms with Gasteiger partial charge in [0.1, 0.15) is 17.8 Å². The van der Waals surface area contributed by atoms with Gasteiger partial charge in [-0.05, 0) is 38.0 Å². The number of esters is 1. The van der Waals surface area contributed by atoms with Crippen LogP contribution in [0.4, 0.5) is 11.5 Å². The molecule has 0 saturated carbocycles. The van der Waals surface area contributed by atoms with Crippen LogP contribution in [0.1, 0.15) is 44.4 Å². The van der Waals surface area contributed by atoms with Crippen molar-refractivity contribution in [3.63, 3.8) is 0 Å². The van der Waals surface area contributed by atoms with Crippen LogP contribution in [-0.2, 0) is 9.53 Å². The molecule has 0 amide bonds. The molecule has 1 N–H and O–H groups in total. The molecule has 8 heteroatoms. The molecule has 0 spiro atoms. The number of benzene rings is 1. The Kier molecular flexibility index (Phi) is 6.38. The first-order chi connectivity index (χ1) is 14.6. The van der Waals surface area contributed by atoms with Crippen LogP contribution in [0.5, 0.6) is 11.5 Å². The number of nitrogens with one attached hydrogen (secondary N) is 1. The molecular formula is C22H22N4O4. The van der Waals surface area contributed by atoms with E-state index in [0.29, 0.717) is 47.1 Å². The molecule has 30 heavy (non-hydrogen) atoms. The quantitative estimate of drug-likeness (QED) is 0.538. The fourth-order valence-electron chi connectivity index (χ4n) is 3.41. The SMILES string of the molecule is [C-]#[N+]c1c(NCC)nc(C(CC)C(=O)OCC)c(C#N)c1-c1ccc2c(c1)OCO2. The van der Waals surface area contributed by atoms with E-state index in [1.165, 1.54) is 0 Å². The van der Waals surface area contributed by atoms with Crippen LogP contribution in [0.2, 0.25) is 0 Å². The molecule has 1 aliphatic rings. The molecule has 1 aliphatic heterocycles. The zero-order valence-corrected chi connectivity index (χ0v) is 17.1. The molecule has 1 aromatic heterocycles. The number of anilines is 1. The summed E-state index contributed by atoms with van der Waals surface area (Å²) in [6, 6.07) is 7.41. The van der Waals surface area contributed by atoms with Crippen LogP contribution < -0.4 is 14.8 Å². The van der Waals surface area contributed by atoms with Gasteiger partial charge in [0.25, 0.3) is 0 Å². The summed E-state index contributed by atoms with van der Waals surface area (Å²) >= 11 is 0. The standard InChI is InChI=1S/C22H22N4O4/c1-5-14(22(27)28-7-3)19-15(11-23)18(20(24-4)21(26-19)25-6-2)13-8-9-16-17(10-13)30-12-29-16/h8-10,14H,5-7,12H2,1-3H3,(H,25,26). The predicted molar refractivity (Wildman–Crippen MR) is 111 cm³/mol. The van der Waals surface area contributed by atoms with Crippen molar-refractivity contribution in [2.24, 2.45) is 0 Å². The smallest absolute Gasteiger partial charge is 0.315 e. The van der Waals surface area contributed by atoms with Crippen LogP contribution in [0.25, 0.3) is 16.0 Å². The summed E-state index contributed by atoms with van der Waals surface area (Å²) in [7, 11) is 0. The van der Waals surface area contributed by atoms with Gasteiger partial charge >= 0.3 is 5.97 Å². The Balaban J connectivity index is 2.31. The third kappa shape index (κ3) is 3.72. The molecule has 8 nitrogen and oxygen atoms in total. The van der Waals surface area contributed by atoms with Crippen molar-refractivity contribution in [2.75, 3.05) is 25.3 Å². The highest BCUT2D eigenvalue weighted by Gasteiger charge is 2.30. The van der Waals surface area contributed by atoms with E-state index in [0.717, 1.165) is 0 Å². The number of fused-ring (bicyclic) bond motifs is 1.